The summed E-state index contributed by atoms with van der Waals surface area (Å²) >= 11 is 3.61. The molecule has 4 heteroatoms. The quantitative estimate of drug-likeness (QED) is 0.366. The number of thiophene rings is 2. The Hall–Kier alpha value is -2.04. The normalized spacial score (nSPS) is 12.0. The van der Waals surface area contributed by atoms with Crippen LogP contribution < -0.4 is 0 Å². The van der Waals surface area contributed by atoms with E-state index in [9.17, 15) is 0 Å². The highest BCUT2D eigenvalue weighted by Crippen LogP contribution is 2.42. The van der Waals surface area contributed by atoms with Crippen molar-refractivity contribution in [3.05, 3.63) is 47.4 Å². The summed E-state index contributed by atoms with van der Waals surface area (Å²) in [5, 5.41) is 9.51. The zero-order valence-electron chi connectivity index (χ0n) is 10.3. The number of hydrogen-bond donors (Lipinski definition) is 0. The van der Waals surface area contributed by atoms with Gasteiger partial charge in [0.2, 0.25) is 0 Å². The topological polar surface area (TPSA) is 25.8 Å². The summed E-state index contributed by atoms with van der Waals surface area (Å²) in [6, 6.07) is 8.68. The fourth-order valence-corrected chi connectivity index (χ4v) is 4.84. The zero-order valence-corrected chi connectivity index (χ0v) is 12.0. The van der Waals surface area contributed by atoms with Crippen molar-refractivity contribution >= 4 is 64.7 Å². The van der Waals surface area contributed by atoms with Gasteiger partial charge in [-0.2, -0.15) is 0 Å². The van der Waals surface area contributed by atoms with E-state index in [-0.39, 0.29) is 0 Å². The number of rotatable bonds is 0. The van der Waals surface area contributed by atoms with Crippen molar-refractivity contribution in [2.75, 3.05) is 0 Å². The molecule has 0 fully saturated rings. The predicted octanol–water partition coefficient (Wildman–Crippen LogP) is 5.21. The van der Waals surface area contributed by atoms with Gasteiger partial charge in [0.05, 0.1) is 11.0 Å². The van der Waals surface area contributed by atoms with Crippen molar-refractivity contribution in [1.82, 2.24) is 9.97 Å². The van der Waals surface area contributed by atoms with Crippen LogP contribution in [0.1, 0.15) is 0 Å². The Labute approximate surface area is 122 Å². The van der Waals surface area contributed by atoms with E-state index in [1.165, 1.54) is 30.9 Å². The Balaban J connectivity index is 2.26. The first-order valence-electron chi connectivity index (χ1n) is 6.33. The maximum Gasteiger partial charge on any atom is 0.0972 e. The van der Waals surface area contributed by atoms with Gasteiger partial charge < -0.3 is 0 Å². The third kappa shape index (κ3) is 1.23. The summed E-state index contributed by atoms with van der Waals surface area (Å²) in [5.74, 6) is 0. The average molecular weight is 292 g/mol. The molecule has 0 unspecified atom stereocenters. The molecular formula is C16H8N2S2. The summed E-state index contributed by atoms with van der Waals surface area (Å²) in [6.07, 6.45) is 3.53. The van der Waals surface area contributed by atoms with E-state index < -0.39 is 0 Å². The van der Waals surface area contributed by atoms with Crippen LogP contribution in [-0.4, -0.2) is 9.97 Å². The Morgan fingerprint density at radius 3 is 2.25 bits per heavy atom. The molecule has 0 atom stereocenters. The van der Waals surface area contributed by atoms with E-state index >= 15 is 0 Å². The van der Waals surface area contributed by atoms with Crippen LogP contribution in [0.3, 0.4) is 0 Å². The van der Waals surface area contributed by atoms with E-state index in [1.807, 2.05) is 0 Å². The molecule has 2 nitrogen and oxygen atoms in total. The zero-order chi connectivity index (χ0) is 13.1. The molecule has 0 amide bonds. The van der Waals surface area contributed by atoms with Crippen molar-refractivity contribution in [3.8, 4) is 0 Å². The molecule has 0 N–H and O–H groups in total. The van der Waals surface area contributed by atoms with Gasteiger partial charge in [-0.05, 0) is 29.0 Å². The predicted molar refractivity (Wildman–Crippen MR) is 87.8 cm³/mol. The van der Waals surface area contributed by atoms with E-state index in [4.69, 9.17) is 0 Å². The largest absolute Gasteiger partial charge is 0.253 e. The van der Waals surface area contributed by atoms with Crippen LogP contribution in [0.4, 0.5) is 0 Å². The van der Waals surface area contributed by atoms with Gasteiger partial charge in [0.25, 0.3) is 0 Å². The van der Waals surface area contributed by atoms with Crippen LogP contribution in [0.2, 0.25) is 0 Å². The molecule has 0 radical (unpaired) electrons. The lowest BCUT2D eigenvalue weighted by Gasteiger charge is -2.06. The number of benzene rings is 2. The summed E-state index contributed by atoms with van der Waals surface area (Å²) in [5.41, 5.74) is 1.96. The van der Waals surface area contributed by atoms with E-state index in [2.05, 4.69) is 45.0 Å². The second-order valence-electron chi connectivity index (χ2n) is 4.74. The Bertz CT molecular complexity index is 1100. The molecule has 0 aliphatic carbocycles. The molecule has 0 spiro atoms. The molecule has 5 aromatic rings. The van der Waals surface area contributed by atoms with Crippen LogP contribution in [0.5, 0.6) is 0 Å². The van der Waals surface area contributed by atoms with Crippen LogP contribution in [0, 0.1) is 0 Å². The van der Waals surface area contributed by atoms with Crippen molar-refractivity contribution in [2.24, 2.45) is 0 Å². The molecule has 2 aromatic carbocycles. The maximum atomic E-state index is 4.58. The van der Waals surface area contributed by atoms with Gasteiger partial charge in [0.1, 0.15) is 0 Å². The lowest BCUT2D eigenvalue weighted by atomic mass is 10.0. The lowest BCUT2D eigenvalue weighted by Crippen LogP contribution is -1.85. The standard InChI is InChI=1S/C16H8N2S2/c1-2-12-14(18-6-5-17-12)13-9(1)15-11(4-8-20-15)16-10(13)3-7-19-16/h1-8H. The minimum atomic E-state index is 0.961. The SMILES string of the molecule is c1cnc2c(ccc3c4sccc4c4sccc4c32)n1. The first kappa shape index (κ1) is 10.7. The molecule has 0 aliphatic rings. The van der Waals surface area contributed by atoms with Crippen LogP contribution >= 0.6 is 22.7 Å². The number of aromatic nitrogens is 2. The Morgan fingerprint density at radius 2 is 1.40 bits per heavy atom. The van der Waals surface area contributed by atoms with Crippen molar-refractivity contribution in [3.63, 3.8) is 0 Å². The van der Waals surface area contributed by atoms with Gasteiger partial charge in [-0.3, -0.25) is 9.97 Å². The summed E-state index contributed by atoms with van der Waals surface area (Å²) < 4.78 is 2.70. The minimum absolute atomic E-state index is 0.961. The van der Waals surface area contributed by atoms with Crippen molar-refractivity contribution in [2.45, 2.75) is 0 Å². The molecule has 0 bridgehead atoms. The van der Waals surface area contributed by atoms with Gasteiger partial charge >= 0.3 is 0 Å². The molecule has 0 aliphatic heterocycles. The maximum absolute atomic E-state index is 4.58. The minimum Gasteiger partial charge on any atom is -0.253 e. The number of fused-ring (bicyclic) bond motifs is 8. The highest BCUT2D eigenvalue weighted by atomic mass is 32.1. The van der Waals surface area contributed by atoms with Gasteiger partial charge in [-0.1, -0.05) is 6.07 Å². The third-order valence-corrected chi connectivity index (χ3v) is 5.62. The van der Waals surface area contributed by atoms with Crippen LogP contribution in [0.25, 0.3) is 42.0 Å². The molecule has 3 heterocycles. The van der Waals surface area contributed by atoms with Crippen LogP contribution in [-0.2, 0) is 0 Å². The van der Waals surface area contributed by atoms with Gasteiger partial charge in [-0.25, -0.2) is 0 Å². The fourth-order valence-electron chi connectivity index (χ4n) is 2.91. The Morgan fingerprint density at radius 1 is 0.700 bits per heavy atom. The van der Waals surface area contributed by atoms with E-state index in [1.54, 1.807) is 35.1 Å². The van der Waals surface area contributed by atoms with Gasteiger partial charge in [-0.15, -0.1) is 22.7 Å². The molecule has 0 saturated heterocycles. The molecule has 5 rings (SSSR count). The summed E-state index contributed by atoms with van der Waals surface area (Å²) in [6.45, 7) is 0. The monoisotopic (exact) mass is 292 g/mol. The summed E-state index contributed by atoms with van der Waals surface area (Å²) in [7, 11) is 0. The first-order chi connectivity index (χ1) is 9.93. The third-order valence-electron chi connectivity index (χ3n) is 3.73. The second-order valence-corrected chi connectivity index (χ2v) is 6.57. The second kappa shape index (κ2) is 3.75. The van der Waals surface area contributed by atoms with Crippen molar-refractivity contribution < 1.29 is 0 Å². The van der Waals surface area contributed by atoms with Gasteiger partial charge in [0.15, 0.2) is 0 Å². The first-order valence-corrected chi connectivity index (χ1v) is 8.09. The van der Waals surface area contributed by atoms with Crippen molar-refractivity contribution in [1.29, 1.82) is 0 Å². The lowest BCUT2D eigenvalue weighted by molar-refractivity contribution is 1.30. The molecule has 20 heavy (non-hydrogen) atoms. The molecular weight excluding hydrogens is 284 g/mol. The number of nitrogens with zero attached hydrogens (tertiary/aromatic N) is 2. The van der Waals surface area contributed by atoms with Gasteiger partial charge in [0, 0.05) is 43.3 Å². The van der Waals surface area contributed by atoms with E-state index in [0.717, 1.165) is 11.0 Å². The fraction of sp³-hybridized carbons (Fsp3) is 0. The Kier molecular flexibility index (Phi) is 2.01. The van der Waals surface area contributed by atoms with E-state index in [0.29, 0.717) is 0 Å². The molecule has 3 aromatic heterocycles. The average Bonchev–Trinajstić information content (AvgIpc) is 3.15. The highest BCUT2D eigenvalue weighted by molar-refractivity contribution is 7.22. The molecule has 94 valence electrons. The smallest absolute Gasteiger partial charge is 0.0972 e. The highest BCUT2D eigenvalue weighted by Gasteiger charge is 2.13. The number of hydrogen-bond acceptors (Lipinski definition) is 4. The van der Waals surface area contributed by atoms with Crippen LogP contribution in [0.15, 0.2) is 47.4 Å². The summed E-state index contributed by atoms with van der Waals surface area (Å²) in [4.78, 5) is 9.01. The molecule has 0 saturated carbocycles.